The second-order valence-corrected chi connectivity index (χ2v) is 17.4. The quantitative estimate of drug-likeness (QED) is 0.0772. The standard InChI is InChI=1S/C44H69NO4/c1-7-8-9-10-26-45-30-33-16-18-35(29-41(33)46)48-27-12-15-42(47)49-36-22-24-43(5)34(28-36)17-19-37-39-21-20-38(32(4)14-11-13-31(2)3)44(39,6)25-23-40(37)43/h16-18,29-32,36-40,46H,7-15,19-28H2,1-6H3/t32-,36+,37+,38-,39+,40+,43+,44-/m1/s1. The predicted octanol–water partition coefficient (Wildman–Crippen LogP) is 11.5. The number of nitrogens with zero attached hydrogens (tertiary/aromatic N) is 1. The minimum absolute atomic E-state index is 0.00139. The van der Waals surface area contributed by atoms with Gasteiger partial charge in [0.2, 0.25) is 0 Å². The van der Waals surface area contributed by atoms with E-state index in [9.17, 15) is 9.90 Å². The van der Waals surface area contributed by atoms with Gasteiger partial charge in [-0.1, -0.05) is 91.7 Å². The van der Waals surface area contributed by atoms with Crippen molar-refractivity contribution >= 4 is 12.2 Å². The van der Waals surface area contributed by atoms with Crippen LogP contribution in [0, 0.1) is 46.3 Å². The first kappa shape index (κ1) is 37.9. The van der Waals surface area contributed by atoms with Crippen LogP contribution >= 0.6 is 0 Å². The lowest BCUT2D eigenvalue weighted by Gasteiger charge is -2.58. The fourth-order valence-corrected chi connectivity index (χ4v) is 10.9. The lowest BCUT2D eigenvalue weighted by Crippen LogP contribution is -2.51. The molecule has 0 amide bonds. The minimum atomic E-state index is -0.118. The number of hydrogen-bond acceptors (Lipinski definition) is 5. The van der Waals surface area contributed by atoms with Gasteiger partial charge in [-0.05, 0) is 116 Å². The van der Waals surface area contributed by atoms with E-state index in [0.29, 0.717) is 36.2 Å². The Kier molecular flexibility index (Phi) is 13.4. The monoisotopic (exact) mass is 676 g/mol. The number of aromatic hydroxyl groups is 1. The third-order valence-electron chi connectivity index (χ3n) is 13.7. The van der Waals surface area contributed by atoms with Crippen molar-refractivity contribution in [3.63, 3.8) is 0 Å². The van der Waals surface area contributed by atoms with Crippen molar-refractivity contribution < 1.29 is 19.4 Å². The molecular formula is C44H69NO4. The second kappa shape index (κ2) is 17.3. The highest BCUT2D eigenvalue weighted by Crippen LogP contribution is 2.67. The number of aliphatic imine (C=N–C) groups is 1. The van der Waals surface area contributed by atoms with E-state index in [4.69, 9.17) is 9.47 Å². The Bertz CT molecular complexity index is 1290. The van der Waals surface area contributed by atoms with E-state index in [1.807, 2.05) is 12.1 Å². The van der Waals surface area contributed by atoms with Gasteiger partial charge in [0.15, 0.2) is 0 Å². The molecule has 0 spiro atoms. The molecule has 5 nitrogen and oxygen atoms in total. The summed E-state index contributed by atoms with van der Waals surface area (Å²) < 4.78 is 11.9. The third-order valence-corrected chi connectivity index (χ3v) is 13.7. The molecule has 0 aliphatic heterocycles. The molecule has 0 heterocycles. The van der Waals surface area contributed by atoms with Crippen LogP contribution in [0.5, 0.6) is 11.5 Å². The fourth-order valence-electron chi connectivity index (χ4n) is 10.9. The van der Waals surface area contributed by atoms with Crippen LogP contribution in [0.4, 0.5) is 0 Å². The predicted molar refractivity (Wildman–Crippen MR) is 202 cm³/mol. The van der Waals surface area contributed by atoms with Crippen LogP contribution in [0.2, 0.25) is 0 Å². The largest absolute Gasteiger partial charge is 0.507 e. The number of unbranched alkanes of at least 4 members (excludes halogenated alkanes) is 3. The molecule has 4 aliphatic carbocycles. The molecule has 3 fully saturated rings. The summed E-state index contributed by atoms with van der Waals surface area (Å²) in [7, 11) is 0. The molecule has 0 saturated heterocycles. The molecule has 8 atom stereocenters. The summed E-state index contributed by atoms with van der Waals surface area (Å²) in [5.41, 5.74) is 3.06. The van der Waals surface area contributed by atoms with Crippen LogP contribution in [0.25, 0.3) is 0 Å². The van der Waals surface area contributed by atoms with Crippen molar-refractivity contribution in [3.05, 3.63) is 35.4 Å². The summed E-state index contributed by atoms with van der Waals surface area (Å²) in [6.45, 7) is 15.9. The van der Waals surface area contributed by atoms with Crippen LogP contribution in [0.15, 0.2) is 34.8 Å². The van der Waals surface area contributed by atoms with E-state index in [0.717, 1.165) is 67.7 Å². The highest BCUT2D eigenvalue weighted by atomic mass is 16.5. The van der Waals surface area contributed by atoms with Crippen molar-refractivity contribution in [2.24, 2.45) is 51.3 Å². The molecular weight excluding hydrogens is 606 g/mol. The summed E-state index contributed by atoms with van der Waals surface area (Å²) in [4.78, 5) is 17.3. The average Bonchev–Trinajstić information content (AvgIpc) is 3.43. The van der Waals surface area contributed by atoms with Gasteiger partial charge in [-0.3, -0.25) is 9.79 Å². The van der Waals surface area contributed by atoms with Gasteiger partial charge in [0.25, 0.3) is 0 Å². The van der Waals surface area contributed by atoms with Gasteiger partial charge < -0.3 is 14.6 Å². The van der Waals surface area contributed by atoms with Crippen molar-refractivity contribution in [2.45, 2.75) is 157 Å². The topological polar surface area (TPSA) is 68.1 Å². The van der Waals surface area contributed by atoms with Gasteiger partial charge in [-0.2, -0.15) is 0 Å². The molecule has 1 aromatic carbocycles. The summed E-state index contributed by atoms with van der Waals surface area (Å²) >= 11 is 0. The number of fused-ring (bicyclic) bond motifs is 5. The van der Waals surface area contributed by atoms with Crippen LogP contribution < -0.4 is 4.74 Å². The van der Waals surface area contributed by atoms with E-state index >= 15 is 0 Å². The molecule has 0 unspecified atom stereocenters. The maximum absolute atomic E-state index is 12.9. The van der Waals surface area contributed by atoms with Crippen LogP contribution in [-0.4, -0.2) is 36.5 Å². The highest BCUT2D eigenvalue weighted by Gasteiger charge is 2.59. The Balaban J connectivity index is 1.05. The third kappa shape index (κ3) is 9.14. The highest BCUT2D eigenvalue weighted by molar-refractivity contribution is 5.83. The van der Waals surface area contributed by atoms with E-state index in [1.54, 1.807) is 17.9 Å². The molecule has 1 N–H and O–H groups in total. The maximum atomic E-state index is 12.9. The Morgan fingerprint density at radius 3 is 2.61 bits per heavy atom. The number of esters is 1. The van der Waals surface area contributed by atoms with Crippen LogP contribution in [-0.2, 0) is 9.53 Å². The van der Waals surface area contributed by atoms with Crippen molar-refractivity contribution in [1.82, 2.24) is 0 Å². The maximum Gasteiger partial charge on any atom is 0.306 e. The number of phenols is 1. The first-order chi connectivity index (χ1) is 23.5. The number of carbonyl (C=O) groups excluding carboxylic acids is 1. The summed E-state index contributed by atoms with van der Waals surface area (Å²) in [6.07, 6.45) is 24.1. The Hall–Kier alpha value is -2.30. The number of hydrogen-bond donors (Lipinski definition) is 1. The summed E-state index contributed by atoms with van der Waals surface area (Å²) in [5.74, 6) is 5.69. The van der Waals surface area contributed by atoms with E-state index < -0.39 is 0 Å². The normalized spacial score (nSPS) is 31.6. The van der Waals surface area contributed by atoms with Gasteiger partial charge in [-0.15, -0.1) is 0 Å². The van der Waals surface area contributed by atoms with Gasteiger partial charge in [-0.25, -0.2) is 0 Å². The average molecular weight is 676 g/mol. The lowest BCUT2D eigenvalue weighted by molar-refractivity contribution is -0.151. The molecule has 0 radical (unpaired) electrons. The van der Waals surface area contributed by atoms with Crippen molar-refractivity contribution in [1.29, 1.82) is 0 Å². The number of benzene rings is 1. The number of carbonyl (C=O) groups is 1. The van der Waals surface area contributed by atoms with E-state index in [-0.39, 0.29) is 23.2 Å². The zero-order valence-corrected chi connectivity index (χ0v) is 32.0. The minimum Gasteiger partial charge on any atom is -0.507 e. The number of rotatable bonds is 17. The van der Waals surface area contributed by atoms with E-state index in [2.05, 4.69) is 52.6 Å². The van der Waals surface area contributed by atoms with Gasteiger partial charge in [0.1, 0.15) is 17.6 Å². The molecule has 0 bridgehead atoms. The Morgan fingerprint density at radius 1 is 1.00 bits per heavy atom. The Labute approximate surface area is 299 Å². The second-order valence-electron chi connectivity index (χ2n) is 17.4. The molecule has 274 valence electrons. The Morgan fingerprint density at radius 2 is 1.84 bits per heavy atom. The number of phenolic OH excluding ortho intramolecular Hbond substituents is 1. The smallest absolute Gasteiger partial charge is 0.306 e. The molecule has 0 aromatic heterocycles. The van der Waals surface area contributed by atoms with Crippen LogP contribution in [0.3, 0.4) is 0 Å². The van der Waals surface area contributed by atoms with Crippen molar-refractivity contribution in [2.75, 3.05) is 13.2 Å². The molecule has 49 heavy (non-hydrogen) atoms. The molecule has 3 saturated carbocycles. The fraction of sp³-hybridized carbons (Fsp3) is 0.773. The SMILES string of the molecule is CCCCCCN=Cc1ccc(OCCCC(=O)O[C@H]2CC[C@@]3(C)C(=CC[C@H]4[C@@H]5CC[C@H]([C@H](C)CCCC(C)C)[C@@]5(C)CC[C@@H]43)C2)cc1O. The van der Waals surface area contributed by atoms with Gasteiger partial charge in [0.05, 0.1) is 6.61 Å². The lowest BCUT2D eigenvalue weighted by atomic mass is 9.47. The first-order valence-electron chi connectivity index (χ1n) is 20.4. The zero-order valence-electron chi connectivity index (χ0n) is 32.0. The molecule has 1 aromatic rings. The molecule has 4 aliphatic rings. The van der Waals surface area contributed by atoms with E-state index in [1.165, 1.54) is 70.6 Å². The van der Waals surface area contributed by atoms with Crippen molar-refractivity contribution in [3.8, 4) is 11.5 Å². The summed E-state index contributed by atoms with van der Waals surface area (Å²) in [5, 5.41) is 10.4. The summed E-state index contributed by atoms with van der Waals surface area (Å²) in [6, 6.07) is 5.32. The van der Waals surface area contributed by atoms with Crippen LogP contribution in [0.1, 0.15) is 156 Å². The molecule has 5 heteroatoms. The van der Waals surface area contributed by atoms with Gasteiger partial charge >= 0.3 is 5.97 Å². The number of allylic oxidation sites excluding steroid dienone is 1. The number of ether oxygens (including phenoxy) is 2. The van der Waals surface area contributed by atoms with Gasteiger partial charge in [0, 0.05) is 37.2 Å². The molecule has 5 rings (SSSR count). The first-order valence-corrected chi connectivity index (χ1v) is 20.4. The zero-order chi connectivity index (χ0) is 35.0.